The largest absolute Gasteiger partial charge is 0.369 e. The Morgan fingerprint density at radius 3 is 2.50 bits per heavy atom. The number of nitrogens with zero attached hydrogens (tertiary/aromatic N) is 1. The second-order valence-corrected chi connectivity index (χ2v) is 8.50. The molecule has 176 valence electrons. The van der Waals surface area contributed by atoms with Gasteiger partial charge in [0.2, 0.25) is 17.7 Å². The summed E-state index contributed by atoms with van der Waals surface area (Å²) in [6.07, 6.45) is 5.08. The van der Waals surface area contributed by atoms with Crippen LogP contribution in [0.3, 0.4) is 0 Å². The highest BCUT2D eigenvalue weighted by molar-refractivity contribution is 6.05. The number of hydrogen-bond donors (Lipinski definition) is 3. The van der Waals surface area contributed by atoms with E-state index in [9.17, 15) is 23.6 Å². The van der Waals surface area contributed by atoms with Gasteiger partial charge in [0.05, 0.1) is 23.4 Å². The summed E-state index contributed by atoms with van der Waals surface area (Å²) < 4.78 is 13.1. The minimum atomic E-state index is -0.683. The predicted molar refractivity (Wildman–Crippen MR) is 123 cm³/mol. The van der Waals surface area contributed by atoms with E-state index < -0.39 is 23.7 Å². The number of rotatable bonds is 7. The molecule has 0 spiro atoms. The maximum atomic E-state index is 13.1. The van der Waals surface area contributed by atoms with Gasteiger partial charge in [-0.1, -0.05) is 30.4 Å². The van der Waals surface area contributed by atoms with Crippen molar-refractivity contribution in [2.75, 3.05) is 11.6 Å². The average molecular weight is 464 g/mol. The van der Waals surface area contributed by atoms with Crippen molar-refractivity contribution in [2.24, 2.45) is 23.5 Å². The van der Waals surface area contributed by atoms with Crippen LogP contribution < -0.4 is 21.5 Å². The molecule has 3 atom stereocenters. The van der Waals surface area contributed by atoms with Crippen molar-refractivity contribution in [2.45, 2.75) is 19.3 Å². The third-order valence-corrected chi connectivity index (χ3v) is 6.20. The lowest BCUT2D eigenvalue weighted by Gasteiger charge is -2.38. The van der Waals surface area contributed by atoms with Gasteiger partial charge < -0.3 is 11.1 Å². The molecule has 0 aromatic heterocycles. The van der Waals surface area contributed by atoms with Crippen molar-refractivity contribution >= 4 is 29.3 Å². The smallest absolute Gasteiger partial charge is 0.251 e. The maximum absolute atomic E-state index is 13.1. The molecule has 34 heavy (non-hydrogen) atoms. The number of amides is 4. The molecule has 3 unspecified atom stereocenters. The van der Waals surface area contributed by atoms with Gasteiger partial charge in [0.15, 0.2) is 0 Å². The number of allylic oxidation sites excluding steroid dienone is 2. The van der Waals surface area contributed by atoms with Gasteiger partial charge in [0, 0.05) is 12.1 Å². The van der Waals surface area contributed by atoms with E-state index in [4.69, 9.17) is 5.73 Å². The van der Waals surface area contributed by atoms with Crippen LogP contribution in [0.5, 0.6) is 0 Å². The van der Waals surface area contributed by atoms with Gasteiger partial charge in [0.1, 0.15) is 5.82 Å². The summed E-state index contributed by atoms with van der Waals surface area (Å²) in [6.45, 7) is -0.00869. The number of hydrazine groups is 1. The topological polar surface area (TPSA) is 122 Å². The number of benzene rings is 2. The Balaban J connectivity index is 1.43. The molecular weight excluding hydrogens is 439 g/mol. The molecular formula is C25H25FN4O4. The first kappa shape index (κ1) is 23.2. The second kappa shape index (κ2) is 9.86. The van der Waals surface area contributed by atoms with Crippen LogP contribution in [-0.2, 0) is 20.8 Å². The second-order valence-electron chi connectivity index (χ2n) is 8.50. The number of hydrogen-bond acceptors (Lipinski definition) is 4. The van der Waals surface area contributed by atoms with Crippen LogP contribution in [0.25, 0.3) is 0 Å². The first-order valence-electron chi connectivity index (χ1n) is 11.0. The first-order chi connectivity index (χ1) is 16.3. The van der Waals surface area contributed by atoms with E-state index in [2.05, 4.69) is 10.7 Å². The predicted octanol–water partition coefficient (Wildman–Crippen LogP) is 1.86. The van der Waals surface area contributed by atoms with Gasteiger partial charge in [0.25, 0.3) is 5.91 Å². The Morgan fingerprint density at radius 1 is 1.09 bits per heavy atom. The van der Waals surface area contributed by atoms with Gasteiger partial charge in [-0.25, -0.2) is 9.40 Å². The van der Waals surface area contributed by atoms with Crippen LogP contribution in [0.2, 0.25) is 0 Å². The SMILES string of the molecule is NC(=O)C(CNC(=O)c1cccc(N2NC(=O)C3CC=CCC3C2=O)c1)Cc1ccc(F)cc1. The average Bonchev–Trinajstić information content (AvgIpc) is 2.85. The molecule has 0 saturated carbocycles. The first-order valence-corrected chi connectivity index (χ1v) is 11.0. The van der Waals surface area contributed by atoms with Crippen LogP contribution in [0.4, 0.5) is 10.1 Å². The summed E-state index contributed by atoms with van der Waals surface area (Å²) >= 11 is 0. The van der Waals surface area contributed by atoms with Crippen molar-refractivity contribution in [3.63, 3.8) is 0 Å². The van der Waals surface area contributed by atoms with Crippen molar-refractivity contribution in [3.05, 3.63) is 77.6 Å². The van der Waals surface area contributed by atoms with Gasteiger partial charge in [-0.15, -0.1) is 0 Å². The highest BCUT2D eigenvalue weighted by Gasteiger charge is 2.42. The number of carbonyl (C=O) groups is 4. The highest BCUT2D eigenvalue weighted by Crippen LogP contribution is 2.32. The number of primary amides is 1. The highest BCUT2D eigenvalue weighted by atomic mass is 19.1. The van der Waals surface area contributed by atoms with E-state index in [1.807, 2.05) is 12.2 Å². The molecule has 2 aromatic rings. The van der Waals surface area contributed by atoms with E-state index in [1.54, 1.807) is 30.3 Å². The Kier molecular flexibility index (Phi) is 6.72. The van der Waals surface area contributed by atoms with E-state index >= 15 is 0 Å². The monoisotopic (exact) mass is 464 g/mol. The van der Waals surface area contributed by atoms with Gasteiger partial charge >= 0.3 is 0 Å². The van der Waals surface area contributed by atoms with Crippen LogP contribution >= 0.6 is 0 Å². The van der Waals surface area contributed by atoms with Crippen LogP contribution in [0.15, 0.2) is 60.7 Å². The van der Waals surface area contributed by atoms with Crippen molar-refractivity contribution < 1.29 is 23.6 Å². The normalized spacial score (nSPS) is 20.3. The Hall–Kier alpha value is -4.01. The Bertz CT molecular complexity index is 1150. The zero-order chi connectivity index (χ0) is 24.2. The number of fused-ring (bicyclic) bond motifs is 1. The fourth-order valence-corrected chi connectivity index (χ4v) is 4.27. The summed E-state index contributed by atoms with van der Waals surface area (Å²) in [7, 11) is 0. The van der Waals surface area contributed by atoms with E-state index in [1.165, 1.54) is 23.2 Å². The molecule has 8 nitrogen and oxygen atoms in total. The lowest BCUT2D eigenvalue weighted by atomic mass is 9.80. The summed E-state index contributed by atoms with van der Waals surface area (Å²) in [4.78, 5) is 50.1. The van der Waals surface area contributed by atoms with Crippen LogP contribution in [0.1, 0.15) is 28.8 Å². The third kappa shape index (κ3) is 4.98. The van der Waals surface area contributed by atoms with Crippen molar-refractivity contribution in [1.29, 1.82) is 0 Å². The van der Waals surface area contributed by atoms with Crippen molar-refractivity contribution in [1.82, 2.24) is 10.7 Å². The lowest BCUT2D eigenvalue weighted by Crippen LogP contribution is -2.59. The van der Waals surface area contributed by atoms with Crippen LogP contribution in [-0.4, -0.2) is 30.2 Å². The Morgan fingerprint density at radius 2 is 1.79 bits per heavy atom. The molecule has 0 bridgehead atoms. The molecule has 0 radical (unpaired) electrons. The maximum Gasteiger partial charge on any atom is 0.251 e. The number of anilines is 1. The standard InChI is InChI=1S/C25H25FN4O4/c26-18-10-8-15(9-11-18)12-17(22(27)31)14-28-23(32)16-4-3-5-19(13-16)30-25(34)21-7-2-1-6-20(21)24(33)29-30/h1-5,8-11,13,17,20-21H,6-7,12,14H2,(H2,27,31)(H,28,32)(H,29,33). The molecule has 4 amide bonds. The minimum Gasteiger partial charge on any atom is -0.369 e. The summed E-state index contributed by atoms with van der Waals surface area (Å²) in [5, 5.41) is 3.89. The lowest BCUT2D eigenvalue weighted by molar-refractivity contribution is -0.139. The van der Waals surface area contributed by atoms with E-state index in [0.717, 1.165) is 5.56 Å². The van der Waals surface area contributed by atoms with E-state index in [0.29, 0.717) is 18.5 Å². The summed E-state index contributed by atoms with van der Waals surface area (Å²) in [5.74, 6) is -3.37. The number of nitrogens with one attached hydrogen (secondary N) is 2. The molecule has 1 aliphatic heterocycles. The van der Waals surface area contributed by atoms with Crippen molar-refractivity contribution in [3.8, 4) is 0 Å². The number of carbonyl (C=O) groups excluding carboxylic acids is 4. The zero-order valence-electron chi connectivity index (χ0n) is 18.4. The minimum absolute atomic E-state index is 0.00869. The number of nitrogens with two attached hydrogens (primary N) is 1. The molecule has 4 rings (SSSR count). The molecule has 2 aromatic carbocycles. The van der Waals surface area contributed by atoms with Gasteiger partial charge in [-0.05, 0) is 55.2 Å². The molecule has 1 fully saturated rings. The quantitative estimate of drug-likeness (QED) is 0.542. The fourth-order valence-electron chi connectivity index (χ4n) is 4.27. The van der Waals surface area contributed by atoms with Crippen LogP contribution in [0, 0.1) is 23.6 Å². The number of halogens is 1. The molecule has 4 N–H and O–H groups in total. The molecule has 2 aliphatic rings. The molecule has 1 aliphatic carbocycles. The van der Waals surface area contributed by atoms with E-state index in [-0.39, 0.29) is 42.1 Å². The fraction of sp³-hybridized carbons (Fsp3) is 0.280. The zero-order valence-corrected chi connectivity index (χ0v) is 18.4. The van der Waals surface area contributed by atoms with Gasteiger partial charge in [-0.3, -0.25) is 24.6 Å². The third-order valence-electron chi connectivity index (χ3n) is 6.20. The summed E-state index contributed by atoms with van der Waals surface area (Å²) in [5.41, 5.74) is 9.48. The Labute approximate surface area is 196 Å². The molecule has 1 heterocycles. The van der Waals surface area contributed by atoms with Gasteiger partial charge in [-0.2, -0.15) is 0 Å². The summed E-state index contributed by atoms with van der Waals surface area (Å²) in [6, 6.07) is 12.0. The molecule has 9 heteroatoms. The molecule has 1 saturated heterocycles.